The highest BCUT2D eigenvalue weighted by Gasteiger charge is 2.09. The van der Waals surface area contributed by atoms with Gasteiger partial charge in [-0.1, -0.05) is 34.1 Å². The zero-order valence-electron chi connectivity index (χ0n) is 12.4. The van der Waals surface area contributed by atoms with Crippen molar-refractivity contribution >= 4 is 27.6 Å². The van der Waals surface area contributed by atoms with Gasteiger partial charge >= 0.3 is 6.03 Å². The Morgan fingerprint density at radius 3 is 2.59 bits per heavy atom. The number of hydrogen-bond donors (Lipinski definition) is 2. The fourth-order valence-corrected chi connectivity index (χ4v) is 2.32. The summed E-state index contributed by atoms with van der Waals surface area (Å²) in [5.41, 5.74) is 1.54. The van der Waals surface area contributed by atoms with Crippen molar-refractivity contribution in [3.05, 3.63) is 52.5 Å². The fourth-order valence-electron chi connectivity index (χ4n) is 1.90. The van der Waals surface area contributed by atoms with Gasteiger partial charge in [-0.3, -0.25) is 0 Å². The summed E-state index contributed by atoms with van der Waals surface area (Å²) in [5, 5.41) is 5.56. The highest BCUT2D eigenvalue weighted by atomic mass is 79.9. The van der Waals surface area contributed by atoms with E-state index in [1.165, 1.54) is 0 Å². The minimum Gasteiger partial charge on any atom is -0.497 e. The third-order valence-electron chi connectivity index (χ3n) is 3.05. The molecular weight excluding hydrogens is 348 g/mol. The molecule has 0 aliphatic rings. The predicted molar refractivity (Wildman–Crippen MR) is 89.5 cm³/mol. The minimum atomic E-state index is -0.317. The Kier molecular flexibility index (Phi) is 5.66. The fraction of sp³-hybridized carbons (Fsp3) is 0.188. The summed E-state index contributed by atoms with van der Waals surface area (Å²) in [7, 11) is 3.12. The van der Waals surface area contributed by atoms with Crippen molar-refractivity contribution in [1.82, 2.24) is 5.32 Å². The number of amides is 2. The van der Waals surface area contributed by atoms with Gasteiger partial charge in [-0.2, -0.15) is 0 Å². The first-order valence-electron chi connectivity index (χ1n) is 6.64. The molecule has 0 aromatic heterocycles. The van der Waals surface area contributed by atoms with Crippen molar-refractivity contribution in [2.45, 2.75) is 6.54 Å². The lowest BCUT2D eigenvalue weighted by molar-refractivity contribution is 0.251. The second kappa shape index (κ2) is 7.70. The molecule has 0 aliphatic carbocycles. The van der Waals surface area contributed by atoms with Gasteiger partial charge < -0.3 is 20.1 Å². The van der Waals surface area contributed by atoms with Crippen molar-refractivity contribution in [3.8, 4) is 11.5 Å². The Hall–Kier alpha value is -2.21. The molecule has 0 saturated heterocycles. The smallest absolute Gasteiger partial charge is 0.319 e. The molecule has 0 atom stereocenters. The number of ether oxygens (including phenoxy) is 2. The topological polar surface area (TPSA) is 59.6 Å². The Morgan fingerprint density at radius 1 is 1.14 bits per heavy atom. The van der Waals surface area contributed by atoms with E-state index in [1.807, 2.05) is 24.3 Å². The van der Waals surface area contributed by atoms with Gasteiger partial charge in [-0.15, -0.1) is 0 Å². The first-order valence-corrected chi connectivity index (χ1v) is 7.43. The Bertz CT molecular complexity index is 662. The number of nitrogens with one attached hydrogen (secondary N) is 2. The lowest BCUT2D eigenvalue weighted by atomic mass is 10.2. The molecule has 0 unspecified atom stereocenters. The Balaban J connectivity index is 2.01. The predicted octanol–water partition coefficient (Wildman–Crippen LogP) is 3.79. The quantitative estimate of drug-likeness (QED) is 0.848. The molecule has 0 fully saturated rings. The van der Waals surface area contributed by atoms with Gasteiger partial charge in [0.05, 0.1) is 19.9 Å². The van der Waals surface area contributed by atoms with Crippen LogP contribution in [-0.4, -0.2) is 20.3 Å². The number of hydrogen-bond acceptors (Lipinski definition) is 3. The van der Waals surface area contributed by atoms with E-state index in [1.54, 1.807) is 32.4 Å². The molecular formula is C16H17BrN2O3. The number of methoxy groups -OCH3 is 2. The standard InChI is InChI=1S/C16H17BrN2O3/c1-21-12-7-8-15(22-2)14(9-12)19-16(20)18-10-11-5-3-4-6-13(11)17/h3-9H,10H2,1-2H3,(H2,18,19,20). The molecule has 2 amide bonds. The van der Waals surface area contributed by atoms with Crippen molar-refractivity contribution in [1.29, 1.82) is 0 Å². The summed E-state index contributed by atoms with van der Waals surface area (Å²) in [6, 6.07) is 12.6. The molecule has 0 aliphatic heterocycles. The Morgan fingerprint density at radius 2 is 1.91 bits per heavy atom. The molecule has 2 aromatic carbocycles. The van der Waals surface area contributed by atoms with Crippen LogP contribution in [0.4, 0.5) is 10.5 Å². The van der Waals surface area contributed by atoms with E-state index in [4.69, 9.17) is 9.47 Å². The van der Waals surface area contributed by atoms with Crippen molar-refractivity contribution in [2.75, 3.05) is 19.5 Å². The maximum atomic E-state index is 12.0. The number of carbonyl (C=O) groups is 1. The molecule has 2 rings (SSSR count). The number of anilines is 1. The van der Waals surface area contributed by atoms with Gasteiger partial charge in [0.1, 0.15) is 11.5 Å². The molecule has 0 spiro atoms. The lowest BCUT2D eigenvalue weighted by Crippen LogP contribution is -2.28. The van der Waals surface area contributed by atoms with Gasteiger partial charge in [0.25, 0.3) is 0 Å². The second-order valence-electron chi connectivity index (χ2n) is 4.47. The summed E-state index contributed by atoms with van der Waals surface area (Å²) in [5.74, 6) is 1.21. The molecule has 0 radical (unpaired) electrons. The number of benzene rings is 2. The molecule has 0 saturated carbocycles. The number of carbonyl (C=O) groups excluding carboxylic acids is 1. The van der Waals surface area contributed by atoms with Crippen LogP contribution in [0.2, 0.25) is 0 Å². The number of rotatable bonds is 5. The molecule has 22 heavy (non-hydrogen) atoms. The van der Waals surface area contributed by atoms with Gasteiger partial charge in [0.15, 0.2) is 0 Å². The first-order chi connectivity index (χ1) is 10.6. The zero-order chi connectivity index (χ0) is 15.9. The molecule has 2 aromatic rings. The monoisotopic (exact) mass is 364 g/mol. The minimum absolute atomic E-state index is 0.317. The third kappa shape index (κ3) is 4.14. The van der Waals surface area contributed by atoms with E-state index >= 15 is 0 Å². The van der Waals surface area contributed by atoms with Crippen LogP contribution in [-0.2, 0) is 6.54 Å². The van der Waals surface area contributed by atoms with E-state index in [2.05, 4.69) is 26.6 Å². The Labute approximate surface area is 137 Å². The van der Waals surface area contributed by atoms with Gasteiger partial charge in [0.2, 0.25) is 0 Å². The SMILES string of the molecule is COc1ccc(OC)c(NC(=O)NCc2ccccc2Br)c1. The highest BCUT2D eigenvalue weighted by Crippen LogP contribution is 2.28. The maximum absolute atomic E-state index is 12.0. The van der Waals surface area contributed by atoms with E-state index < -0.39 is 0 Å². The normalized spacial score (nSPS) is 9.95. The summed E-state index contributed by atoms with van der Waals surface area (Å²) >= 11 is 3.45. The van der Waals surface area contributed by atoms with Crippen LogP contribution in [0.1, 0.15) is 5.56 Å². The van der Waals surface area contributed by atoms with Crippen LogP contribution in [0.5, 0.6) is 11.5 Å². The van der Waals surface area contributed by atoms with E-state index in [-0.39, 0.29) is 6.03 Å². The van der Waals surface area contributed by atoms with Crippen LogP contribution >= 0.6 is 15.9 Å². The molecule has 2 N–H and O–H groups in total. The largest absolute Gasteiger partial charge is 0.497 e. The number of urea groups is 1. The average Bonchev–Trinajstić information content (AvgIpc) is 2.54. The van der Waals surface area contributed by atoms with Crippen LogP contribution in [0.15, 0.2) is 46.9 Å². The van der Waals surface area contributed by atoms with Crippen molar-refractivity contribution in [3.63, 3.8) is 0 Å². The summed E-state index contributed by atoms with van der Waals surface area (Å²) in [4.78, 5) is 12.0. The molecule has 0 heterocycles. The lowest BCUT2D eigenvalue weighted by Gasteiger charge is -2.13. The maximum Gasteiger partial charge on any atom is 0.319 e. The van der Waals surface area contributed by atoms with Crippen molar-refractivity contribution < 1.29 is 14.3 Å². The number of halogens is 1. The highest BCUT2D eigenvalue weighted by molar-refractivity contribution is 9.10. The van der Waals surface area contributed by atoms with Crippen molar-refractivity contribution in [2.24, 2.45) is 0 Å². The zero-order valence-corrected chi connectivity index (χ0v) is 13.9. The van der Waals surface area contributed by atoms with Gasteiger partial charge in [0, 0.05) is 17.1 Å². The van der Waals surface area contributed by atoms with Gasteiger partial charge in [-0.25, -0.2) is 4.79 Å². The summed E-state index contributed by atoms with van der Waals surface area (Å²) in [6.45, 7) is 0.416. The third-order valence-corrected chi connectivity index (χ3v) is 3.83. The second-order valence-corrected chi connectivity index (χ2v) is 5.32. The van der Waals surface area contributed by atoms with E-state index in [0.29, 0.717) is 23.7 Å². The van der Waals surface area contributed by atoms with Crippen LogP contribution in [0.25, 0.3) is 0 Å². The van der Waals surface area contributed by atoms with E-state index in [9.17, 15) is 4.79 Å². The van der Waals surface area contributed by atoms with Crippen LogP contribution in [0.3, 0.4) is 0 Å². The molecule has 6 heteroatoms. The van der Waals surface area contributed by atoms with Gasteiger partial charge in [-0.05, 0) is 23.8 Å². The van der Waals surface area contributed by atoms with E-state index in [0.717, 1.165) is 10.0 Å². The molecule has 5 nitrogen and oxygen atoms in total. The van der Waals surface area contributed by atoms with Crippen LogP contribution < -0.4 is 20.1 Å². The average molecular weight is 365 g/mol. The summed E-state index contributed by atoms with van der Waals surface area (Å²) < 4.78 is 11.3. The molecule has 116 valence electrons. The first kappa shape index (κ1) is 16.2. The van der Waals surface area contributed by atoms with Crippen LogP contribution in [0, 0.1) is 0 Å². The summed E-state index contributed by atoms with van der Waals surface area (Å²) in [6.07, 6.45) is 0. The molecule has 0 bridgehead atoms.